The SMILES string of the molecule is CCC(C)(C)c1cc(C(C)(C)c2cc(C)c(O)c(C(C)(C)CC)c2)cc(C)c1O. The Kier molecular flexibility index (Phi) is 6.19. The van der Waals surface area contributed by atoms with E-state index in [9.17, 15) is 10.2 Å². The molecular weight excluding hydrogens is 356 g/mol. The van der Waals surface area contributed by atoms with Crippen LogP contribution in [0.3, 0.4) is 0 Å². The van der Waals surface area contributed by atoms with E-state index in [1.807, 2.05) is 13.8 Å². The van der Waals surface area contributed by atoms with E-state index in [1.165, 1.54) is 11.1 Å². The molecule has 0 saturated carbocycles. The molecule has 0 bridgehead atoms. The van der Waals surface area contributed by atoms with Crippen molar-refractivity contribution in [3.63, 3.8) is 0 Å². The lowest BCUT2D eigenvalue weighted by Gasteiger charge is -2.33. The average molecular weight is 397 g/mol. The first-order valence-corrected chi connectivity index (χ1v) is 10.9. The summed E-state index contributed by atoms with van der Waals surface area (Å²) in [6.45, 7) is 21.5. The zero-order valence-electron chi connectivity index (χ0n) is 20.1. The van der Waals surface area contributed by atoms with Crippen LogP contribution in [0.4, 0.5) is 0 Å². The van der Waals surface area contributed by atoms with Crippen molar-refractivity contribution in [1.29, 1.82) is 0 Å². The Morgan fingerprint density at radius 3 is 1.21 bits per heavy atom. The summed E-state index contributed by atoms with van der Waals surface area (Å²) in [4.78, 5) is 0. The molecule has 0 aliphatic heterocycles. The van der Waals surface area contributed by atoms with Gasteiger partial charge in [0.25, 0.3) is 0 Å². The molecule has 0 fully saturated rings. The molecule has 2 N–H and O–H groups in total. The van der Waals surface area contributed by atoms with Gasteiger partial charge in [-0.2, -0.15) is 0 Å². The number of rotatable bonds is 6. The molecule has 0 unspecified atom stereocenters. The van der Waals surface area contributed by atoms with Crippen LogP contribution < -0.4 is 0 Å². The van der Waals surface area contributed by atoms with Crippen molar-refractivity contribution in [2.24, 2.45) is 0 Å². The molecule has 2 heteroatoms. The van der Waals surface area contributed by atoms with Gasteiger partial charge in [0.15, 0.2) is 0 Å². The quantitative estimate of drug-likeness (QED) is 0.533. The zero-order valence-corrected chi connectivity index (χ0v) is 20.1. The maximum Gasteiger partial charge on any atom is 0.122 e. The second-order valence-electron chi connectivity index (χ2n) is 10.5. The third kappa shape index (κ3) is 4.17. The minimum atomic E-state index is -0.256. The fourth-order valence-corrected chi connectivity index (χ4v) is 3.86. The van der Waals surface area contributed by atoms with E-state index in [0.717, 1.165) is 35.1 Å². The van der Waals surface area contributed by atoms with Crippen LogP contribution in [0.25, 0.3) is 0 Å². The Balaban J connectivity index is 2.74. The first-order chi connectivity index (χ1) is 13.2. The highest BCUT2D eigenvalue weighted by Gasteiger charge is 2.31. The molecule has 2 nitrogen and oxygen atoms in total. The molecule has 0 saturated heterocycles. The summed E-state index contributed by atoms with van der Waals surface area (Å²) in [6.07, 6.45) is 1.91. The van der Waals surface area contributed by atoms with Crippen molar-refractivity contribution in [2.75, 3.05) is 0 Å². The molecule has 0 heterocycles. The van der Waals surface area contributed by atoms with E-state index in [-0.39, 0.29) is 16.2 Å². The summed E-state index contributed by atoms with van der Waals surface area (Å²) < 4.78 is 0. The molecule has 2 aromatic carbocycles. The third-order valence-corrected chi connectivity index (χ3v) is 7.27. The van der Waals surface area contributed by atoms with E-state index in [0.29, 0.717) is 11.5 Å². The number of hydrogen-bond donors (Lipinski definition) is 2. The second-order valence-corrected chi connectivity index (χ2v) is 10.5. The van der Waals surface area contributed by atoms with E-state index in [4.69, 9.17) is 0 Å². The van der Waals surface area contributed by atoms with Crippen LogP contribution in [0.15, 0.2) is 24.3 Å². The van der Waals surface area contributed by atoms with E-state index >= 15 is 0 Å². The molecule has 160 valence electrons. The fraction of sp³-hybridized carbons (Fsp3) is 0.556. The van der Waals surface area contributed by atoms with Crippen LogP contribution in [0.2, 0.25) is 0 Å². The van der Waals surface area contributed by atoms with E-state index in [2.05, 4.69) is 79.7 Å². The Morgan fingerprint density at radius 1 is 0.621 bits per heavy atom. The fourth-order valence-electron chi connectivity index (χ4n) is 3.86. The highest BCUT2D eigenvalue weighted by atomic mass is 16.3. The van der Waals surface area contributed by atoms with Gasteiger partial charge >= 0.3 is 0 Å². The predicted molar refractivity (Wildman–Crippen MR) is 124 cm³/mol. The summed E-state index contributed by atoms with van der Waals surface area (Å²) in [5, 5.41) is 21.5. The number of benzene rings is 2. The lowest BCUT2D eigenvalue weighted by Crippen LogP contribution is -2.24. The second kappa shape index (κ2) is 7.70. The Labute approximate surface area is 178 Å². The van der Waals surface area contributed by atoms with Crippen LogP contribution in [0, 0.1) is 13.8 Å². The smallest absolute Gasteiger partial charge is 0.122 e. The molecule has 0 atom stereocenters. The van der Waals surface area contributed by atoms with Crippen LogP contribution in [0.5, 0.6) is 11.5 Å². The molecule has 0 aliphatic carbocycles. The standard InChI is InChI=1S/C27H40O2/c1-11-25(5,6)21-15-19(13-17(3)23(21)28)27(9,10)20-14-18(4)24(29)22(16-20)26(7,8)12-2/h13-16,28-29H,11-12H2,1-10H3. The summed E-state index contributed by atoms with van der Waals surface area (Å²) in [5.41, 5.74) is 5.77. The van der Waals surface area contributed by atoms with Gasteiger partial charge in [-0.25, -0.2) is 0 Å². The highest BCUT2D eigenvalue weighted by molar-refractivity contribution is 5.54. The van der Waals surface area contributed by atoms with Crippen LogP contribution >= 0.6 is 0 Å². The minimum Gasteiger partial charge on any atom is -0.507 e. The molecule has 2 rings (SSSR count). The van der Waals surface area contributed by atoms with Crippen molar-refractivity contribution in [3.8, 4) is 11.5 Å². The van der Waals surface area contributed by atoms with Gasteiger partial charge in [-0.15, -0.1) is 0 Å². The topological polar surface area (TPSA) is 40.5 Å². The van der Waals surface area contributed by atoms with Crippen molar-refractivity contribution < 1.29 is 10.2 Å². The van der Waals surface area contributed by atoms with Gasteiger partial charge in [-0.3, -0.25) is 0 Å². The number of phenolic OH excluding ortho intramolecular Hbond substituents is 2. The van der Waals surface area contributed by atoms with Gasteiger partial charge < -0.3 is 10.2 Å². The largest absolute Gasteiger partial charge is 0.507 e. The molecule has 29 heavy (non-hydrogen) atoms. The number of hydrogen-bond acceptors (Lipinski definition) is 2. The molecule has 0 radical (unpaired) electrons. The summed E-state index contributed by atoms with van der Waals surface area (Å²) in [7, 11) is 0. The van der Waals surface area contributed by atoms with Crippen molar-refractivity contribution >= 4 is 0 Å². The third-order valence-electron chi connectivity index (χ3n) is 7.27. The van der Waals surface area contributed by atoms with E-state index in [1.54, 1.807) is 0 Å². The van der Waals surface area contributed by atoms with E-state index < -0.39 is 0 Å². The van der Waals surface area contributed by atoms with Crippen molar-refractivity contribution in [2.45, 2.75) is 98.3 Å². The monoisotopic (exact) mass is 396 g/mol. The summed E-state index contributed by atoms with van der Waals surface area (Å²) in [6, 6.07) is 8.58. The lowest BCUT2D eigenvalue weighted by molar-refractivity contribution is 0.422. The molecule has 0 spiro atoms. The number of phenols is 2. The van der Waals surface area contributed by atoms with Gasteiger partial charge in [0, 0.05) is 16.5 Å². The maximum absolute atomic E-state index is 10.8. The van der Waals surface area contributed by atoms with Crippen molar-refractivity contribution in [1.82, 2.24) is 0 Å². The van der Waals surface area contributed by atoms with Crippen LogP contribution in [-0.2, 0) is 16.2 Å². The zero-order chi connectivity index (χ0) is 22.4. The number of aryl methyl sites for hydroxylation is 2. The van der Waals surface area contributed by atoms with Gasteiger partial charge in [-0.1, -0.05) is 79.7 Å². The molecule has 0 aromatic heterocycles. The first kappa shape index (κ1) is 23.3. The molecule has 0 aliphatic rings. The summed E-state index contributed by atoms with van der Waals surface area (Å²) in [5.74, 6) is 0.817. The van der Waals surface area contributed by atoms with Crippen LogP contribution in [0.1, 0.15) is 102 Å². The average Bonchev–Trinajstić information content (AvgIpc) is 2.65. The summed E-state index contributed by atoms with van der Waals surface area (Å²) >= 11 is 0. The highest BCUT2D eigenvalue weighted by Crippen LogP contribution is 2.44. The van der Waals surface area contributed by atoms with Gasteiger partial charge in [0.05, 0.1) is 0 Å². The Hall–Kier alpha value is -1.96. The normalized spacial score (nSPS) is 13.0. The van der Waals surface area contributed by atoms with Gasteiger partial charge in [-0.05, 0) is 59.8 Å². The number of aromatic hydroxyl groups is 2. The Morgan fingerprint density at radius 2 is 0.931 bits per heavy atom. The Bertz CT molecular complexity index is 828. The molecule has 0 amide bonds. The minimum absolute atomic E-state index is 0.0961. The molecule has 2 aromatic rings. The predicted octanol–water partition coefficient (Wildman–Crippen LogP) is 7.42. The maximum atomic E-state index is 10.8. The molecular formula is C27H40O2. The van der Waals surface area contributed by atoms with Crippen molar-refractivity contribution in [3.05, 3.63) is 57.6 Å². The van der Waals surface area contributed by atoms with Gasteiger partial charge in [0.2, 0.25) is 0 Å². The first-order valence-electron chi connectivity index (χ1n) is 10.9. The lowest BCUT2D eigenvalue weighted by atomic mass is 9.71. The van der Waals surface area contributed by atoms with Crippen LogP contribution in [-0.4, -0.2) is 10.2 Å². The van der Waals surface area contributed by atoms with Gasteiger partial charge in [0.1, 0.15) is 11.5 Å².